The number of aromatic nitrogens is 2. The van der Waals surface area contributed by atoms with Crippen LogP contribution in [0.15, 0.2) is 24.8 Å². The minimum absolute atomic E-state index is 0.611. The van der Waals surface area contributed by atoms with E-state index in [2.05, 4.69) is 9.97 Å². The maximum Gasteiger partial charge on any atom is 0.115 e. The molecule has 0 aromatic carbocycles. The molecule has 0 aliphatic heterocycles. The fourth-order valence-corrected chi connectivity index (χ4v) is 0.253. The van der Waals surface area contributed by atoms with Crippen molar-refractivity contribution in [1.82, 2.24) is 9.97 Å². The monoisotopic (exact) mass is 158 g/mol. The number of hydrogen-bond acceptors (Lipinski definition) is 3. The highest BCUT2D eigenvalue weighted by molar-refractivity contribution is 7.83. The Kier molecular flexibility index (Phi) is 5.86. The van der Waals surface area contributed by atoms with Gasteiger partial charge in [0.2, 0.25) is 0 Å². The lowest BCUT2D eigenvalue weighted by atomic mass is 10.7. The molecule has 0 N–H and O–H groups in total. The third-order valence-corrected chi connectivity index (χ3v) is 0.478. The molecule has 0 spiro atoms. The summed E-state index contributed by atoms with van der Waals surface area (Å²) in [6.07, 6.45) is 8.15. The number of rotatable bonds is 0. The van der Waals surface area contributed by atoms with Gasteiger partial charge in [-0.3, -0.25) is 4.21 Å². The first kappa shape index (κ1) is 9.23. The van der Waals surface area contributed by atoms with Gasteiger partial charge in [-0.05, 0) is 6.07 Å². The van der Waals surface area contributed by atoms with E-state index in [1.807, 2.05) is 0 Å². The van der Waals surface area contributed by atoms with Crippen LogP contribution in [0.3, 0.4) is 0 Å². The molecule has 56 valence electrons. The number of hydrogen-bond donors (Lipinski definition) is 0. The molecule has 1 aromatic heterocycles. The third kappa shape index (κ3) is 10.3. The zero-order chi connectivity index (χ0) is 7.82. The first-order chi connectivity index (χ1) is 4.73. The summed E-state index contributed by atoms with van der Waals surface area (Å²) < 4.78 is 9.56. The van der Waals surface area contributed by atoms with Crippen LogP contribution in [0.25, 0.3) is 0 Å². The molecule has 3 nitrogen and oxygen atoms in total. The second kappa shape index (κ2) is 6.35. The molecule has 0 bridgehead atoms. The van der Waals surface area contributed by atoms with Crippen molar-refractivity contribution < 1.29 is 4.21 Å². The first-order valence-electron chi connectivity index (χ1n) is 2.68. The maximum atomic E-state index is 9.56. The van der Waals surface area contributed by atoms with Crippen LogP contribution in [0.1, 0.15) is 0 Å². The lowest BCUT2D eigenvalue weighted by Crippen LogP contribution is -1.70. The highest BCUT2D eigenvalue weighted by atomic mass is 32.2. The molecule has 0 fully saturated rings. The molecular weight excluding hydrogens is 148 g/mol. The van der Waals surface area contributed by atoms with Gasteiger partial charge in [-0.1, -0.05) is 0 Å². The maximum absolute atomic E-state index is 9.56. The standard InChI is InChI=1S/C4H4N2.C2H6OS/c1-2-5-4-6-3-1;1-4(2)3/h1-4H;1-2H3. The van der Waals surface area contributed by atoms with Crippen molar-refractivity contribution in [3.63, 3.8) is 0 Å². The SMILES string of the molecule is CS(C)=O.c1cncnc1. The van der Waals surface area contributed by atoms with Gasteiger partial charge < -0.3 is 0 Å². The van der Waals surface area contributed by atoms with E-state index in [1.165, 1.54) is 6.33 Å². The van der Waals surface area contributed by atoms with E-state index in [-0.39, 0.29) is 0 Å². The minimum atomic E-state index is -0.611. The van der Waals surface area contributed by atoms with Crippen molar-refractivity contribution in [2.45, 2.75) is 0 Å². The zero-order valence-corrected chi connectivity index (χ0v) is 6.84. The van der Waals surface area contributed by atoms with Crippen LogP contribution in [-0.4, -0.2) is 26.7 Å². The molecule has 0 saturated carbocycles. The van der Waals surface area contributed by atoms with E-state index in [4.69, 9.17) is 0 Å². The van der Waals surface area contributed by atoms with Gasteiger partial charge in [0.25, 0.3) is 0 Å². The summed E-state index contributed by atoms with van der Waals surface area (Å²) in [5.74, 6) is 0. The molecule has 0 atom stereocenters. The predicted octanol–water partition coefficient (Wildman–Crippen LogP) is 0.471. The van der Waals surface area contributed by atoms with Crippen LogP contribution in [-0.2, 0) is 10.8 Å². The summed E-state index contributed by atoms with van der Waals surface area (Å²) in [6.45, 7) is 0. The quantitative estimate of drug-likeness (QED) is 0.551. The Balaban J connectivity index is 0.000000180. The van der Waals surface area contributed by atoms with Crippen molar-refractivity contribution in [2.24, 2.45) is 0 Å². The average molecular weight is 158 g/mol. The molecule has 10 heavy (non-hydrogen) atoms. The number of nitrogens with zero attached hydrogens (tertiary/aromatic N) is 2. The first-order valence-corrected chi connectivity index (χ1v) is 4.65. The van der Waals surface area contributed by atoms with Gasteiger partial charge in [0.1, 0.15) is 6.33 Å². The normalized spacial score (nSPS) is 8.30. The average Bonchev–Trinajstić information content (AvgIpc) is 1.90. The van der Waals surface area contributed by atoms with Crippen LogP contribution < -0.4 is 0 Å². The Morgan fingerprint density at radius 1 is 1.20 bits per heavy atom. The van der Waals surface area contributed by atoms with E-state index in [9.17, 15) is 4.21 Å². The van der Waals surface area contributed by atoms with Gasteiger partial charge in [-0.15, -0.1) is 0 Å². The Hall–Kier alpha value is -0.770. The lowest BCUT2D eigenvalue weighted by molar-refractivity contribution is 0.690. The molecule has 0 aliphatic carbocycles. The summed E-state index contributed by atoms with van der Waals surface area (Å²) >= 11 is 0. The van der Waals surface area contributed by atoms with E-state index in [0.717, 1.165) is 0 Å². The zero-order valence-electron chi connectivity index (χ0n) is 6.02. The third-order valence-electron chi connectivity index (χ3n) is 0.478. The Morgan fingerprint density at radius 3 is 1.70 bits per heavy atom. The van der Waals surface area contributed by atoms with Gasteiger partial charge in [-0.2, -0.15) is 0 Å². The summed E-state index contributed by atoms with van der Waals surface area (Å²) in [7, 11) is -0.611. The Labute approximate surface area is 63.0 Å². The van der Waals surface area contributed by atoms with E-state index >= 15 is 0 Å². The van der Waals surface area contributed by atoms with Crippen LogP contribution in [0.5, 0.6) is 0 Å². The summed E-state index contributed by atoms with van der Waals surface area (Å²) in [4.78, 5) is 7.35. The summed E-state index contributed by atoms with van der Waals surface area (Å²) in [5.41, 5.74) is 0. The fraction of sp³-hybridized carbons (Fsp3) is 0.333. The molecule has 0 radical (unpaired) electrons. The minimum Gasteiger partial charge on any atom is -0.260 e. The van der Waals surface area contributed by atoms with E-state index in [0.29, 0.717) is 0 Å². The topological polar surface area (TPSA) is 42.9 Å². The Morgan fingerprint density at radius 2 is 1.60 bits per heavy atom. The smallest absolute Gasteiger partial charge is 0.115 e. The highest BCUT2D eigenvalue weighted by Gasteiger charge is 1.59. The molecule has 0 aliphatic rings. The summed E-state index contributed by atoms with van der Waals surface area (Å²) in [6, 6.07) is 1.78. The molecule has 4 heteroatoms. The fourth-order valence-electron chi connectivity index (χ4n) is 0.253. The van der Waals surface area contributed by atoms with Gasteiger partial charge >= 0.3 is 0 Å². The van der Waals surface area contributed by atoms with E-state index < -0.39 is 10.8 Å². The van der Waals surface area contributed by atoms with Crippen molar-refractivity contribution in [2.75, 3.05) is 12.5 Å². The van der Waals surface area contributed by atoms with E-state index in [1.54, 1.807) is 31.0 Å². The van der Waals surface area contributed by atoms with Crippen molar-refractivity contribution in [3.05, 3.63) is 24.8 Å². The molecule has 0 saturated heterocycles. The second-order valence-corrected chi connectivity index (χ2v) is 3.13. The second-order valence-electron chi connectivity index (χ2n) is 1.65. The largest absolute Gasteiger partial charge is 0.260 e. The van der Waals surface area contributed by atoms with Crippen LogP contribution in [0, 0.1) is 0 Å². The summed E-state index contributed by atoms with van der Waals surface area (Å²) in [5, 5.41) is 0. The molecule has 1 rings (SSSR count). The molecule has 0 unspecified atom stereocenters. The molecular formula is C6H10N2OS. The van der Waals surface area contributed by atoms with Crippen molar-refractivity contribution in [1.29, 1.82) is 0 Å². The van der Waals surface area contributed by atoms with Gasteiger partial charge in [-0.25, -0.2) is 9.97 Å². The van der Waals surface area contributed by atoms with Crippen LogP contribution in [0.2, 0.25) is 0 Å². The Bertz CT molecular complexity index is 148. The van der Waals surface area contributed by atoms with Gasteiger partial charge in [0.05, 0.1) is 0 Å². The van der Waals surface area contributed by atoms with Crippen molar-refractivity contribution in [3.8, 4) is 0 Å². The van der Waals surface area contributed by atoms with Crippen molar-refractivity contribution >= 4 is 10.8 Å². The van der Waals surface area contributed by atoms with Crippen LogP contribution in [0.4, 0.5) is 0 Å². The molecule has 0 amide bonds. The molecule has 1 aromatic rings. The van der Waals surface area contributed by atoms with Gasteiger partial charge in [0, 0.05) is 35.7 Å². The molecule has 1 heterocycles. The lowest BCUT2D eigenvalue weighted by Gasteiger charge is -1.70. The van der Waals surface area contributed by atoms with Gasteiger partial charge in [0.15, 0.2) is 0 Å². The highest BCUT2D eigenvalue weighted by Crippen LogP contribution is 1.66. The predicted molar refractivity (Wildman–Crippen MR) is 42.0 cm³/mol. The van der Waals surface area contributed by atoms with Crippen LogP contribution >= 0.6 is 0 Å².